The monoisotopic (exact) mass is 205 g/mol. The molecule has 0 atom stereocenters. The smallest absolute Gasteiger partial charge is 0.142 e. The third-order valence-electron chi connectivity index (χ3n) is 2.22. The fourth-order valence-corrected chi connectivity index (χ4v) is 1.71. The molecule has 2 rings (SSSR count). The zero-order valence-electron chi connectivity index (χ0n) is 7.82. The summed E-state index contributed by atoms with van der Waals surface area (Å²) in [4.78, 5) is 0.932. The Kier molecular flexibility index (Phi) is 2.25. The average molecular weight is 205 g/mol. The van der Waals surface area contributed by atoms with Crippen molar-refractivity contribution in [3.63, 3.8) is 0 Å². The lowest BCUT2D eigenvalue weighted by Crippen LogP contribution is -1.93. The molecule has 0 saturated carbocycles. The van der Waals surface area contributed by atoms with Crippen molar-refractivity contribution < 1.29 is 4.74 Å². The number of methoxy groups -OCH3 is 1. The SMILES string of the molecule is COc1ccc2cc(S)ccc2c1N. The van der Waals surface area contributed by atoms with E-state index < -0.39 is 0 Å². The summed E-state index contributed by atoms with van der Waals surface area (Å²) in [6.45, 7) is 0. The van der Waals surface area contributed by atoms with Gasteiger partial charge in [0.05, 0.1) is 12.8 Å². The summed E-state index contributed by atoms with van der Waals surface area (Å²) in [7, 11) is 1.62. The van der Waals surface area contributed by atoms with E-state index in [1.54, 1.807) is 7.11 Å². The molecular weight excluding hydrogens is 194 g/mol. The van der Waals surface area contributed by atoms with Gasteiger partial charge in [0.2, 0.25) is 0 Å². The van der Waals surface area contributed by atoms with Crippen molar-refractivity contribution in [3.8, 4) is 5.75 Å². The first-order valence-electron chi connectivity index (χ1n) is 4.27. The van der Waals surface area contributed by atoms with Crippen LogP contribution in [0.1, 0.15) is 0 Å². The van der Waals surface area contributed by atoms with Crippen LogP contribution in [0, 0.1) is 0 Å². The summed E-state index contributed by atoms with van der Waals surface area (Å²) >= 11 is 4.27. The second kappa shape index (κ2) is 3.42. The molecule has 0 aromatic heterocycles. The third kappa shape index (κ3) is 1.40. The fourth-order valence-electron chi connectivity index (χ4n) is 1.50. The Labute approximate surface area is 88.1 Å². The quantitative estimate of drug-likeness (QED) is 0.554. The van der Waals surface area contributed by atoms with Gasteiger partial charge in [0.15, 0.2) is 0 Å². The summed E-state index contributed by atoms with van der Waals surface area (Å²) in [6, 6.07) is 9.69. The molecule has 2 aromatic rings. The topological polar surface area (TPSA) is 35.2 Å². The average Bonchev–Trinajstić information content (AvgIpc) is 2.18. The van der Waals surface area contributed by atoms with Crippen LogP contribution in [0.2, 0.25) is 0 Å². The molecule has 0 bridgehead atoms. The van der Waals surface area contributed by atoms with Gasteiger partial charge in [-0.25, -0.2) is 0 Å². The van der Waals surface area contributed by atoms with Crippen LogP contribution in [-0.4, -0.2) is 7.11 Å². The van der Waals surface area contributed by atoms with E-state index in [-0.39, 0.29) is 0 Å². The maximum atomic E-state index is 5.93. The van der Waals surface area contributed by atoms with E-state index in [1.165, 1.54) is 0 Å². The number of nitrogen functional groups attached to an aromatic ring is 1. The third-order valence-corrected chi connectivity index (χ3v) is 2.50. The molecule has 72 valence electrons. The van der Waals surface area contributed by atoms with Crippen molar-refractivity contribution in [2.45, 2.75) is 4.90 Å². The Balaban J connectivity index is 2.77. The van der Waals surface area contributed by atoms with Gasteiger partial charge in [-0.2, -0.15) is 0 Å². The van der Waals surface area contributed by atoms with E-state index in [2.05, 4.69) is 12.6 Å². The van der Waals surface area contributed by atoms with Gasteiger partial charge < -0.3 is 10.5 Å². The molecule has 0 heterocycles. The largest absolute Gasteiger partial charge is 0.495 e. The molecule has 0 aliphatic rings. The Hall–Kier alpha value is -1.35. The van der Waals surface area contributed by atoms with Gasteiger partial charge in [-0.15, -0.1) is 12.6 Å². The number of thiol groups is 1. The zero-order valence-corrected chi connectivity index (χ0v) is 8.71. The summed E-state index contributed by atoms with van der Waals surface area (Å²) in [6.07, 6.45) is 0. The standard InChI is InChI=1S/C11H11NOS/c1-13-10-5-2-7-6-8(14)3-4-9(7)11(10)12/h2-6,14H,12H2,1H3. The van der Waals surface area contributed by atoms with E-state index in [9.17, 15) is 0 Å². The van der Waals surface area contributed by atoms with Crippen LogP contribution in [0.15, 0.2) is 35.2 Å². The van der Waals surface area contributed by atoms with Crippen molar-refractivity contribution in [3.05, 3.63) is 30.3 Å². The van der Waals surface area contributed by atoms with Crippen molar-refractivity contribution in [1.29, 1.82) is 0 Å². The Morgan fingerprint density at radius 3 is 2.71 bits per heavy atom. The first kappa shape index (κ1) is 9.21. The van der Waals surface area contributed by atoms with Gasteiger partial charge >= 0.3 is 0 Å². The van der Waals surface area contributed by atoms with Crippen LogP contribution in [0.4, 0.5) is 5.69 Å². The maximum absolute atomic E-state index is 5.93. The molecule has 2 N–H and O–H groups in total. The van der Waals surface area contributed by atoms with Gasteiger partial charge in [0.25, 0.3) is 0 Å². The van der Waals surface area contributed by atoms with E-state index in [0.29, 0.717) is 11.4 Å². The minimum absolute atomic E-state index is 0.679. The van der Waals surface area contributed by atoms with Gasteiger partial charge in [-0.1, -0.05) is 12.1 Å². The summed E-state index contributed by atoms with van der Waals surface area (Å²) < 4.78 is 5.14. The molecular formula is C11H11NOS. The number of anilines is 1. The Morgan fingerprint density at radius 2 is 2.00 bits per heavy atom. The van der Waals surface area contributed by atoms with Crippen molar-refractivity contribution in [2.24, 2.45) is 0 Å². The summed E-state index contributed by atoms with van der Waals surface area (Å²) in [5, 5.41) is 2.08. The van der Waals surface area contributed by atoms with Crippen LogP contribution in [-0.2, 0) is 0 Å². The highest BCUT2D eigenvalue weighted by atomic mass is 32.1. The molecule has 0 radical (unpaired) electrons. The maximum Gasteiger partial charge on any atom is 0.142 e. The predicted molar refractivity (Wildman–Crippen MR) is 62.2 cm³/mol. The van der Waals surface area contributed by atoms with Crippen LogP contribution >= 0.6 is 12.6 Å². The van der Waals surface area contributed by atoms with Gasteiger partial charge in [0.1, 0.15) is 5.75 Å². The first-order chi connectivity index (χ1) is 6.72. The fraction of sp³-hybridized carbons (Fsp3) is 0.0909. The highest BCUT2D eigenvalue weighted by Gasteiger charge is 2.03. The van der Waals surface area contributed by atoms with Crippen molar-refractivity contribution in [2.75, 3.05) is 12.8 Å². The van der Waals surface area contributed by atoms with Crippen LogP contribution < -0.4 is 10.5 Å². The molecule has 0 saturated heterocycles. The lowest BCUT2D eigenvalue weighted by molar-refractivity contribution is 0.417. The normalized spacial score (nSPS) is 10.4. The summed E-state index contributed by atoms with van der Waals surface area (Å²) in [5.41, 5.74) is 6.61. The second-order valence-electron chi connectivity index (χ2n) is 3.09. The van der Waals surface area contributed by atoms with Crippen molar-refractivity contribution >= 4 is 29.1 Å². The molecule has 2 aromatic carbocycles. The molecule has 14 heavy (non-hydrogen) atoms. The van der Waals surface area contributed by atoms with Crippen molar-refractivity contribution in [1.82, 2.24) is 0 Å². The molecule has 0 spiro atoms. The van der Waals surface area contributed by atoms with E-state index >= 15 is 0 Å². The van der Waals surface area contributed by atoms with E-state index in [0.717, 1.165) is 15.7 Å². The van der Waals surface area contributed by atoms with Crippen LogP contribution in [0.25, 0.3) is 10.8 Å². The highest BCUT2D eigenvalue weighted by Crippen LogP contribution is 2.31. The van der Waals surface area contributed by atoms with Gasteiger partial charge in [0, 0.05) is 10.3 Å². The van der Waals surface area contributed by atoms with Crippen LogP contribution in [0.3, 0.4) is 0 Å². The van der Waals surface area contributed by atoms with E-state index in [1.807, 2.05) is 30.3 Å². The molecule has 0 unspecified atom stereocenters. The second-order valence-corrected chi connectivity index (χ2v) is 3.60. The number of hydrogen-bond donors (Lipinski definition) is 2. The molecule has 0 fully saturated rings. The molecule has 0 aliphatic heterocycles. The number of benzene rings is 2. The number of nitrogens with two attached hydrogens (primary N) is 1. The van der Waals surface area contributed by atoms with E-state index in [4.69, 9.17) is 10.5 Å². The minimum atomic E-state index is 0.679. The number of ether oxygens (including phenoxy) is 1. The minimum Gasteiger partial charge on any atom is -0.495 e. The molecule has 0 aliphatic carbocycles. The van der Waals surface area contributed by atoms with Gasteiger partial charge in [-0.05, 0) is 23.6 Å². The number of hydrogen-bond acceptors (Lipinski definition) is 3. The number of fused-ring (bicyclic) bond motifs is 1. The number of rotatable bonds is 1. The lowest BCUT2D eigenvalue weighted by atomic mass is 10.1. The highest BCUT2D eigenvalue weighted by molar-refractivity contribution is 7.80. The lowest BCUT2D eigenvalue weighted by Gasteiger charge is -2.07. The van der Waals surface area contributed by atoms with Gasteiger partial charge in [-0.3, -0.25) is 0 Å². The molecule has 3 heteroatoms. The molecule has 2 nitrogen and oxygen atoms in total. The Bertz CT molecular complexity index is 482. The zero-order chi connectivity index (χ0) is 10.1. The predicted octanol–water partition coefficient (Wildman–Crippen LogP) is 2.72. The molecule has 0 amide bonds. The van der Waals surface area contributed by atoms with Crippen LogP contribution in [0.5, 0.6) is 5.75 Å². The first-order valence-corrected chi connectivity index (χ1v) is 4.72. The Morgan fingerprint density at radius 1 is 1.21 bits per heavy atom. The summed E-state index contributed by atoms with van der Waals surface area (Å²) in [5.74, 6) is 0.712.